The van der Waals surface area contributed by atoms with Gasteiger partial charge in [-0.3, -0.25) is 9.36 Å². The lowest BCUT2D eigenvalue weighted by Gasteiger charge is -2.15. The van der Waals surface area contributed by atoms with Crippen LogP contribution in [0, 0.1) is 5.82 Å². The van der Waals surface area contributed by atoms with Crippen molar-refractivity contribution in [3.8, 4) is 0 Å². The standard InChI is InChI=1S/C21H18FN3O2S2/c22-14-7-5-13(6-8-14)12-28-21-24-17-16-4-1-9-23-19(16)29-18(17)20(26)25(21)11-15-3-2-10-27-15/h1,4-9,15H,2-3,10-12H2. The van der Waals surface area contributed by atoms with Crippen molar-refractivity contribution in [3.05, 3.63) is 64.3 Å². The number of rotatable bonds is 5. The number of nitrogens with zero attached hydrogens (tertiary/aromatic N) is 3. The summed E-state index contributed by atoms with van der Waals surface area (Å²) in [6, 6.07) is 10.2. The van der Waals surface area contributed by atoms with Crippen LogP contribution >= 0.6 is 23.1 Å². The zero-order valence-electron chi connectivity index (χ0n) is 15.5. The number of thioether (sulfide) groups is 1. The summed E-state index contributed by atoms with van der Waals surface area (Å²) in [6.07, 6.45) is 3.72. The molecule has 8 heteroatoms. The van der Waals surface area contributed by atoms with Crippen molar-refractivity contribution in [2.45, 2.75) is 36.4 Å². The summed E-state index contributed by atoms with van der Waals surface area (Å²) < 4.78 is 21.3. The number of benzene rings is 1. The molecule has 1 atom stereocenters. The summed E-state index contributed by atoms with van der Waals surface area (Å²) in [5.41, 5.74) is 1.63. The first kappa shape index (κ1) is 18.7. The van der Waals surface area contributed by atoms with Crippen LogP contribution in [0.3, 0.4) is 0 Å². The second-order valence-electron chi connectivity index (χ2n) is 7.00. The van der Waals surface area contributed by atoms with E-state index in [0.717, 1.165) is 35.2 Å². The summed E-state index contributed by atoms with van der Waals surface area (Å²) in [6.45, 7) is 1.23. The first-order valence-electron chi connectivity index (χ1n) is 9.46. The average molecular weight is 428 g/mol. The summed E-state index contributed by atoms with van der Waals surface area (Å²) in [7, 11) is 0. The van der Waals surface area contributed by atoms with Gasteiger partial charge >= 0.3 is 0 Å². The van der Waals surface area contributed by atoms with Crippen LogP contribution in [0.2, 0.25) is 0 Å². The van der Waals surface area contributed by atoms with Gasteiger partial charge in [-0.25, -0.2) is 14.4 Å². The second kappa shape index (κ2) is 7.85. The number of ether oxygens (including phenoxy) is 1. The predicted octanol–water partition coefficient (Wildman–Crippen LogP) is 4.62. The molecule has 0 N–H and O–H groups in total. The van der Waals surface area contributed by atoms with Gasteiger partial charge in [0.1, 0.15) is 15.3 Å². The Balaban J connectivity index is 1.58. The highest BCUT2D eigenvalue weighted by molar-refractivity contribution is 7.98. The lowest BCUT2D eigenvalue weighted by Crippen LogP contribution is -2.28. The molecular weight excluding hydrogens is 409 g/mol. The lowest BCUT2D eigenvalue weighted by molar-refractivity contribution is 0.0938. The molecule has 148 valence electrons. The number of aromatic nitrogens is 3. The average Bonchev–Trinajstić information content (AvgIpc) is 3.38. The smallest absolute Gasteiger partial charge is 0.272 e. The van der Waals surface area contributed by atoms with E-state index in [1.165, 1.54) is 35.2 Å². The summed E-state index contributed by atoms with van der Waals surface area (Å²) in [5.74, 6) is 0.343. The van der Waals surface area contributed by atoms with Crippen LogP contribution in [0.4, 0.5) is 4.39 Å². The van der Waals surface area contributed by atoms with Gasteiger partial charge in [0, 0.05) is 23.9 Å². The highest BCUT2D eigenvalue weighted by Crippen LogP contribution is 2.31. The van der Waals surface area contributed by atoms with Gasteiger partial charge in [-0.05, 0) is 42.7 Å². The van der Waals surface area contributed by atoms with Crippen molar-refractivity contribution in [2.75, 3.05) is 6.61 Å². The lowest BCUT2D eigenvalue weighted by atomic mass is 10.2. The van der Waals surface area contributed by atoms with Gasteiger partial charge in [-0.15, -0.1) is 11.3 Å². The van der Waals surface area contributed by atoms with Gasteiger partial charge < -0.3 is 4.74 Å². The van der Waals surface area contributed by atoms with Gasteiger partial charge in [0.2, 0.25) is 0 Å². The molecular formula is C21H18FN3O2S2. The molecule has 0 radical (unpaired) electrons. The fourth-order valence-corrected chi connectivity index (χ4v) is 5.52. The van der Waals surface area contributed by atoms with Crippen molar-refractivity contribution in [1.29, 1.82) is 0 Å². The van der Waals surface area contributed by atoms with E-state index in [2.05, 4.69) is 4.98 Å². The maximum Gasteiger partial charge on any atom is 0.272 e. The highest BCUT2D eigenvalue weighted by Gasteiger charge is 2.22. The molecule has 1 fully saturated rings. The number of hydrogen-bond acceptors (Lipinski definition) is 6. The third kappa shape index (κ3) is 3.68. The van der Waals surface area contributed by atoms with Crippen LogP contribution in [-0.2, 0) is 17.0 Å². The number of thiophene rings is 1. The van der Waals surface area contributed by atoms with Crippen LogP contribution in [0.15, 0.2) is 52.5 Å². The minimum Gasteiger partial charge on any atom is -0.376 e. The van der Waals surface area contributed by atoms with E-state index in [0.29, 0.717) is 27.7 Å². The van der Waals surface area contributed by atoms with Crippen LogP contribution in [0.25, 0.3) is 20.4 Å². The molecule has 0 amide bonds. The molecule has 5 rings (SSSR count). The molecule has 0 aliphatic carbocycles. The second-order valence-corrected chi connectivity index (χ2v) is 8.94. The van der Waals surface area contributed by atoms with Crippen molar-refractivity contribution in [1.82, 2.24) is 14.5 Å². The monoisotopic (exact) mass is 427 g/mol. The van der Waals surface area contributed by atoms with Gasteiger partial charge in [0.05, 0.1) is 18.2 Å². The molecule has 5 nitrogen and oxygen atoms in total. The summed E-state index contributed by atoms with van der Waals surface area (Å²) >= 11 is 2.87. The maximum absolute atomic E-state index is 13.3. The molecule has 0 bridgehead atoms. The quantitative estimate of drug-likeness (QED) is 0.344. The molecule has 1 saturated heterocycles. The largest absolute Gasteiger partial charge is 0.376 e. The van der Waals surface area contributed by atoms with Gasteiger partial charge in [0.25, 0.3) is 5.56 Å². The molecule has 1 unspecified atom stereocenters. The zero-order valence-corrected chi connectivity index (χ0v) is 17.1. The SMILES string of the molecule is O=c1c2sc3ncccc3c2nc(SCc2ccc(F)cc2)n1CC1CCCO1. The van der Waals surface area contributed by atoms with Crippen molar-refractivity contribution < 1.29 is 9.13 Å². The minimum atomic E-state index is -0.258. The predicted molar refractivity (Wildman–Crippen MR) is 114 cm³/mol. The third-order valence-corrected chi connectivity index (χ3v) is 7.15. The molecule has 1 aromatic carbocycles. The zero-order chi connectivity index (χ0) is 19.8. The van der Waals surface area contributed by atoms with Gasteiger partial charge in [-0.1, -0.05) is 23.9 Å². The van der Waals surface area contributed by atoms with Crippen LogP contribution in [0.1, 0.15) is 18.4 Å². The Bertz CT molecular complexity index is 1230. The minimum absolute atomic E-state index is 0.0321. The van der Waals surface area contributed by atoms with E-state index in [-0.39, 0.29) is 17.5 Å². The van der Waals surface area contributed by atoms with E-state index < -0.39 is 0 Å². The normalized spacial score (nSPS) is 16.8. The van der Waals surface area contributed by atoms with E-state index >= 15 is 0 Å². The molecule has 0 spiro atoms. The topological polar surface area (TPSA) is 57.0 Å². The van der Waals surface area contributed by atoms with E-state index in [1.54, 1.807) is 22.9 Å². The Kier molecular flexibility index (Phi) is 5.07. The van der Waals surface area contributed by atoms with Crippen LogP contribution in [0.5, 0.6) is 0 Å². The number of hydrogen-bond donors (Lipinski definition) is 0. The molecule has 0 saturated carbocycles. The molecule has 3 aromatic heterocycles. The molecule has 29 heavy (non-hydrogen) atoms. The molecule has 4 heterocycles. The number of pyridine rings is 1. The highest BCUT2D eigenvalue weighted by atomic mass is 32.2. The number of fused-ring (bicyclic) bond motifs is 3. The van der Waals surface area contributed by atoms with Gasteiger partial charge in [-0.2, -0.15) is 0 Å². The van der Waals surface area contributed by atoms with E-state index in [1.807, 2.05) is 12.1 Å². The van der Waals surface area contributed by atoms with Crippen molar-refractivity contribution >= 4 is 43.5 Å². The fraction of sp³-hybridized carbons (Fsp3) is 0.286. The Hall–Kier alpha value is -2.29. The van der Waals surface area contributed by atoms with E-state index in [4.69, 9.17) is 9.72 Å². The first-order chi connectivity index (χ1) is 14.2. The Morgan fingerprint density at radius 2 is 2.14 bits per heavy atom. The van der Waals surface area contributed by atoms with Crippen molar-refractivity contribution in [2.24, 2.45) is 0 Å². The first-order valence-corrected chi connectivity index (χ1v) is 11.3. The van der Waals surface area contributed by atoms with Crippen molar-refractivity contribution in [3.63, 3.8) is 0 Å². The molecule has 4 aromatic rings. The van der Waals surface area contributed by atoms with Crippen LogP contribution < -0.4 is 5.56 Å². The molecule has 1 aliphatic rings. The Labute approximate surface area is 174 Å². The number of halogens is 1. The fourth-order valence-electron chi connectivity index (χ4n) is 3.53. The summed E-state index contributed by atoms with van der Waals surface area (Å²) in [4.78, 5) is 23.4. The maximum atomic E-state index is 13.3. The Morgan fingerprint density at radius 3 is 2.93 bits per heavy atom. The third-order valence-electron chi connectivity index (χ3n) is 5.01. The molecule has 1 aliphatic heterocycles. The summed E-state index contributed by atoms with van der Waals surface area (Å²) in [5, 5.41) is 1.56. The van der Waals surface area contributed by atoms with Crippen LogP contribution in [-0.4, -0.2) is 27.2 Å². The van der Waals surface area contributed by atoms with Gasteiger partial charge in [0.15, 0.2) is 5.16 Å². The van der Waals surface area contributed by atoms with E-state index in [9.17, 15) is 9.18 Å². The Morgan fingerprint density at radius 1 is 1.28 bits per heavy atom.